The minimum absolute atomic E-state index is 0.0674. The lowest BCUT2D eigenvalue weighted by Crippen LogP contribution is -2.28. The number of amides is 2. The van der Waals surface area contributed by atoms with E-state index in [-0.39, 0.29) is 28.8 Å². The van der Waals surface area contributed by atoms with Crippen LogP contribution < -0.4 is 9.62 Å². The van der Waals surface area contributed by atoms with Crippen molar-refractivity contribution in [1.82, 2.24) is 4.90 Å². The van der Waals surface area contributed by atoms with Crippen LogP contribution in [0.1, 0.15) is 28.8 Å². The fourth-order valence-corrected chi connectivity index (χ4v) is 4.80. The van der Waals surface area contributed by atoms with E-state index < -0.39 is 10.0 Å². The molecule has 7 nitrogen and oxygen atoms in total. The van der Waals surface area contributed by atoms with E-state index in [1.165, 1.54) is 17.0 Å². The lowest BCUT2D eigenvalue weighted by Gasteiger charge is -2.18. The Morgan fingerprint density at radius 2 is 1.79 bits per heavy atom. The minimum Gasteiger partial charge on any atom is -0.339 e. The summed E-state index contributed by atoms with van der Waals surface area (Å²) in [5.74, 6) is -0.240. The van der Waals surface area contributed by atoms with Crippen molar-refractivity contribution in [2.24, 2.45) is 0 Å². The summed E-state index contributed by atoms with van der Waals surface area (Å²) in [7, 11) is -2.23. The van der Waals surface area contributed by atoms with E-state index in [9.17, 15) is 18.0 Å². The molecule has 0 atom stereocenters. The van der Waals surface area contributed by atoms with Gasteiger partial charge in [-0.3, -0.25) is 14.3 Å². The summed E-state index contributed by atoms with van der Waals surface area (Å²) >= 11 is 0. The van der Waals surface area contributed by atoms with Crippen LogP contribution in [0, 0.1) is 0 Å². The Hall–Kier alpha value is -2.87. The number of anilines is 2. The Labute approximate surface area is 164 Å². The van der Waals surface area contributed by atoms with E-state index in [4.69, 9.17) is 0 Å². The van der Waals surface area contributed by atoms with Gasteiger partial charge in [0.15, 0.2) is 0 Å². The number of likely N-dealkylation sites (N-methyl/N-ethyl adjacent to an activating group) is 1. The number of nitrogens with one attached hydrogen (secondary N) is 1. The molecule has 2 amide bonds. The molecule has 0 radical (unpaired) electrons. The van der Waals surface area contributed by atoms with Crippen LogP contribution in [0.3, 0.4) is 0 Å². The Morgan fingerprint density at radius 3 is 2.54 bits per heavy atom. The van der Waals surface area contributed by atoms with Crippen molar-refractivity contribution in [1.29, 1.82) is 0 Å². The highest BCUT2D eigenvalue weighted by Crippen LogP contribution is 2.31. The van der Waals surface area contributed by atoms with Gasteiger partial charge in [-0.1, -0.05) is 12.1 Å². The second-order valence-corrected chi connectivity index (χ2v) is 8.75. The molecule has 2 aliphatic rings. The zero-order valence-electron chi connectivity index (χ0n) is 15.5. The van der Waals surface area contributed by atoms with Gasteiger partial charge in [0.1, 0.15) is 0 Å². The summed E-state index contributed by atoms with van der Waals surface area (Å²) in [4.78, 5) is 27.9. The number of hydrogen-bond donors (Lipinski definition) is 1. The average Bonchev–Trinajstić information content (AvgIpc) is 3.30. The number of nitrogens with zero attached hydrogens (tertiary/aromatic N) is 2. The van der Waals surface area contributed by atoms with E-state index in [0.29, 0.717) is 29.9 Å². The quantitative estimate of drug-likeness (QED) is 0.854. The second kappa shape index (κ2) is 6.94. The van der Waals surface area contributed by atoms with Crippen LogP contribution in [0.25, 0.3) is 0 Å². The fourth-order valence-electron chi connectivity index (χ4n) is 3.67. The average molecular weight is 399 g/mol. The van der Waals surface area contributed by atoms with Crippen LogP contribution in [0.2, 0.25) is 0 Å². The summed E-state index contributed by atoms with van der Waals surface area (Å²) in [6.07, 6.45) is 2.10. The van der Waals surface area contributed by atoms with Crippen LogP contribution in [0.5, 0.6) is 0 Å². The van der Waals surface area contributed by atoms with Crippen molar-refractivity contribution in [3.8, 4) is 0 Å². The molecule has 4 rings (SSSR count). The fraction of sp³-hybridized carbons (Fsp3) is 0.300. The van der Waals surface area contributed by atoms with Crippen molar-refractivity contribution >= 4 is 33.2 Å². The standard InChI is InChI=1S/C20H21N3O4S/c1-22-18-9-8-15(12-14(18)13-19(22)24)28(26,27)21-17-7-3-2-6-16(17)20(25)23-10-4-5-11-23/h2-3,6-9,12,21H,4-5,10-11,13H2,1H3. The highest BCUT2D eigenvalue weighted by atomic mass is 32.2. The minimum atomic E-state index is -3.90. The van der Waals surface area contributed by atoms with Gasteiger partial charge in [0.2, 0.25) is 5.91 Å². The SMILES string of the molecule is CN1C(=O)Cc2cc(S(=O)(=O)Nc3ccccc3C(=O)N3CCCC3)ccc21. The lowest BCUT2D eigenvalue weighted by molar-refractivity contribution is -0.117. The smallest absolute Gasteiger partial charge is 0.261 e. The maximum atomic E-state index is 12.9. The number of likely N-dealkylation sites (tertiary alicyclic amines) is 1. The van der Waals surface area contributed by atoms with Crippen molar-refractivity contribution in [2.45, 2.75) is 24.2 Å². The molecule has 1 saturated heterocycles. The summed E-state index contributed by atoms with van der Waals surface area (Å²) in [6, 6.07) is 11.3. The topological polar surface area (TPSA) is 86.8 Å². The maximum Gasteiger partial charge on any atom is 0.261 e. The molecule has 2 heterocycles. The largest absolute Gasteiger partial charge is 0.339 e. The molecular formula is C20H21N3O4S. The molecule has 146 valence electrons. The number of para-hydroxylation sites is 1. The highest BCUT2D eigenvalue weighted by Gasteiger charge is 2.27. The number of carbonyl (C=O) groups is 2. The third kappa shape index (κ3) is 3.24. The Balaban J connectivity index is 1.64. The maximum absolute atomic E-state index is 12.9. The van der Waals surface area contributed by atoms with Gasteiger partial charge >= 0.3 is 0 Å². The first kappa shape index (κ1) is 18.5. The molecule has 0 bridgehead atoms. The normalized spacial score (nSPS) is 16.4. The molecule has 8 heteroatoms. The van der Waals surface area contributed by atoms with Gasteiger partial charge in [0.05, 0.1) is 22.6 Å². The molecule has 2 aromatic carbocycles. The van der Waals surface area contributed by atoms with Crippen molar-refractivity contribution < 1.29 is 18.0 Å². The first-order chi connectivity index (χ1) is 13.4. The molecule has 0 saturated carbocycles. The van der Waals surface area contributed by atoms with Gasteiger partial charge in [0.25, 0.3) is 15.9 Å². The summed E-state index contributed by atoms with van der Waals surface area (Å²) in [6.45, 7) is 1.37. The third-order valence-corrected chi connectivity index (χ3v) is 6.60. The molecule has 0 spiro atoms. The number of fused-ring (bicyclic) bond motifs is 1. The zero-order valence-corrected chi connectivity index (χ0v) is 16.3. The van der Waals surface area contributed by atoms with Gasteiger partial charge < -0.3 is 9.80 Å². The first-order valence-electron chi connectivity index (χ1n) is 9.17. The van der Waals surface area contributed by atoms with Crippen molar-refractivity contribution in [3.05, 3.63) is 53.6 Å². The van der Waals surface area contributed by atoms with Crippen LogP contribution in [-0.4, -0.2) is 45.3 Å². The highest BCUT2D eigenvalue weighted by molar-refractivity contribution is 7.92. The Kier molecular flexibility index (Phi) is 4.58. The van der Waals surface area contributed by atoms with Crippen molar-refractivity contribution in [3.63, 3.8) is 0 Å². The molecule has 0 aromatic heterocycles. The summed E-state index contributed by atoms with van der Waals surface area (Å²) in [5, 5.41) is 0. The third-order valence-electron chi connectivity index (χ3n) is 5.23. The molecule has 1 N–H and O–H groups in total. The van der Waals surface area contributed by atoms with E-state index in [1.807, 2.05) is 0 Å². The van der Waals surface area contributed by atoms with E-state index in [0.717, 1.165) is 12.8 Å². The molecule has 1 fully saturated rings. The van der Waals surface area contributed by atoms with E-state index >= 15 is 0 Å². The second-order valence-electron chi connectivity index (χ2n) is 7.07. The Bertz CT molecular complexity index is 1060. The molecule has 28 heavy (non-hydrogen) atoms. The van der Waals surface area contributed by atoms with Gasteiger partial charge in [-0.2, -0.15) is 0 Å². The number of carbonyl (C=O) groups excluding carboxylic acids is 2. The van der Waals surface area contributed by atoms with Crippen LogP contribution >= 0.6 is 0 Å². The number of rotatable bonds is 4. The monoisotopic (exact) mass is 399 g/mol. The predicted octanol–water partition coefficient (Wildman–Crippen LogP) is 2.24. The summed E-state index contributed by atoms with van der Waals surface area (Å²) in [5.41, 5.74) is 1.99. The number of hydrogen-bond acceptors (Lipinski definition) is 4. The van der Waals surface area contributed by atoms with Gasteiger partial charge in [-0.25, -0.2) is 8.42 Å². The number of sulfonamides is 1. The molecule has 0 aliphatic carbocycles. The molecule has 0 unspecified atom stereocenters. The zero-order chi connectivity index (χ0) is 19.9. The summed E-state index contributed by atoms with van der Waals surface area (Å²) < 4.78 is 28.4. The van der Waals surface area contributed by atoms with Crippen LogP contribution in [0.4, 0.5) is 11.4 Å². The lowest BCUT2D eigenvalue weighted by atomic mass is 10.1. The van der Waals surface area contributed by atoms with Gasteiger partial charge in [-0.15, -0.1) is 0 Å². The first-order valence-corrected chi connectivity index (χ1v) is 10.7. The molecule has 2 aromatic rings. The van der Waals surface area contributed by atoms with Crippen molar-refractivity contribution in [2.75, 3.05) is 29.8 Å². The van der Waals surface area contributed by atoms with Gasteiger partial charge in [-0.05, 0) is 48.7 Å². The Morgan fingerprint density at radius 1 is 1.07 bits per heavy atom. The van der Waals surface area contributed by atoms with E-state index in [2.05, 4.69) is 4.72 Å². The predicted molar refractivity (Wildman–Crippen MR) is 106 cm³/mol. The van der Waals surface area contributed by atoms with Gasteiger partial charge in [0, 0.05) is 25.8 Å². The number of benzene rings is 2. The molecule has 2 aliphatic heterocycles. The molecular weight excluding hydrogens is 378 g/mol. The van der Waals surface area contributed by atoms with Crippen LogP contribution in [-0.2, 0) is 21.2 Å². The van der Waals surface area contributed by atoms with E-state index in [1.54, 1.807) is 42.3 Å². The van der Waals surface area contributed by atoms with Crippen LogP contribution in [0.15, 0.2) is 47.4 Å².